The fraction of sp³-hybridized carbons (Fsp3) is 0.273. The quantitative estimate of drug-likeness (QED) is 0.0566. The van der Waals surface area contributed by atoms with E-state index in [9.17, 15) is 15.0 Å². The number of carbonyl (C=O) groups is 1. The minimum absolute atomic E-state index is 0.0314. The third-order valence-corrected chi connectivity index (χ3v) is 7.27. The molecule has 0 bridgehead atoms. The number of hydrogen-bond donors (Lipinski definition) is 7. The molecule has 4 rings (SSSR count). The van der Waals surface area contributed by atoms with Crippen molar-refractivity contribution in [1.82, 2.24) is 10.3 Å². The van der Waals surface area contributed by atoms with Crippen LogP contribution in [0.4, 0.5) is 17.2 Å². The average Bonchev–Trinajstić information content (AvgIpc) is 3.04. The third kappa shape index (κ3) is 9.83. The van der Waals surface area contributed by atoms with Crippen molar-refractivity contribution in [1.29, 1.82) is 0 Å². The number of hydrogen-bond acceptors (Lipinski definition) is 8. The lowest BCUT2D eigenvalue weighted by Crippen LogP contribution is -2.16. The van der Waals surface area contributed by atoms with E-state index in [1.165, 1.54) is 17.7 Å². The second kappa shape index (κ2) is 17.4. The second-order valence-electron chi connectivity index (χ2n) is 9.79. The van der Waals surface area contributed by atoms with Crippen molar-refractivity contribution in [3.8, 4) is 22.4 Å². The van der Waals surface area contributed by atoms with Gasteiger partial charge in [0.15, 0.2) is 5.82 Å². The largest absolute Gasteiger partial charge is 0.478 e. The summed E-state index contributed by atoms with van der Waals surface area (Å²) in [7, 11) is 0. The molecule has 0 spiro atoms. The van der Waals surface area contributed by atoms with E-state index in [4.69, 9.17) is 34.0 Å². The molecule has 0 fully saturated rings. The first-order valence-electron chi connectivity index (χ1n) is 14.5. The molecule has 0 aliphatic rings. The number of nitrogens with one attached hydrogen (secondary N) is 3. The minimum Gasteiger partial charge on any atom is -0.478 e. The van der Waals surface area contributed by atoms with Gasteiger partial charge in [0.1, 0.15) is 0 Å². The van der Waals surface area contributed by atoms with Crippen LogP contribution in [-0.4, -0.2) is 45.5 Å². The highest BCUT2D eigenvalue weighted by Crippen LogP contribution is 2.33. The molecule has 0 radical (unpaired) electrons. The number of carboxylic acids is 1. The zero-order valence-corrected chi connectivity index (χ0v) is 26.3. The molecule has 11 heteroatoms. The fourth-order valence-electron chi connectivity index (χ4n) is 4.29. The van der Waals surface area contributed by atoms with Crippen molar-refractivity contribution in [2.24, 2.45) is 0 Å². The van der Waals surface area contributed by atoms with E-state index in [2.05, 4.69) is 45.4 Å². The number of nitrogen functional groups attached to an aromatic ring is 1. The zero-order chi connectivity index (χ0) is 32.1. The van der Waals surface area contributed by atoms with Crippen LogP contribution in [0.3, 0.4) is 0 Å². The molecule has 0 aliphatic carbocycles. The maximum atomic E-state index is 11.4. The summed E-state index contributed by atoms with van der Waals surface area (Å²) in [4.78, 5) is 16.0. The maximum absolute atomic E-state index is 11.4. The molecule has 0 saturated carbocycles. The van der Waals surface area contributed by atoms with E-state index in [1.807, 2.05) is 38.1 Å². The summed E-state index contributed by atoms with van der Waals surface area (Å²) in [6, 6.07) is 22.4. The number of halogens is 2. The number of carboxylic acid groups (broad SMARTS) is 1. The van der Waals surface area contributed by atoms with Crippen LogP contribution in [-0.2, 0) is 6.54 Å². The van der Waals surface area contributed by atoms with Crippen molar-refractivity contribution in [3.05, 3.63) is 94.0 Å². The van der Waals surface area contributed by atoms with Crippen LogP contribution < -0.4 is 21.9 Å². The van der Waals surface area contributed by atoms with Crippen molar-refractivity contribution in [2.75, 3.05) is 29.7 Å². The Morgan fingerprint density at radius 1 is 0.886 bits per heavy atom. The molecule has 0 amide bonds. The maximum Gasteiger partial charge on any atom is 0.337 e. The van der Waals surface area contributed by atoms with Crippen LogP contribution in [0, 0.1) is 0 Å². The fourth-order valence-corrected chi connectivity index (χ4v) is 4.76. The number of aliphatic hydroxyl groups is 2. The minimum atomic E-state index is -1.13. The second-order valence-corrected chi connectivity index (χ2v) is 10.6. The Morgan fingerprint density at radius 2 is 1.52 bits per heavy atom. The molecular formula is C33H39Cl2N5O4. The van der Waals surface area contributed by atoms with Crippen LogP contribution in [0.1, 0.15) is 49.0 Å². The molecule has 1 heterocycles. The van der Waals surface area contributed by atoms with Crippen LogP contribution in [0.2, 0.25) is 10.0 Å². The Kier molecular flexibility index (Phi) is 13.7. The Hall–Kier alpha value is -3.86. The van der Waals surface area contributed by atoms with Gasteiger partial charge in [-0.25, -0.2) is 9.78 Å². The highest BCUT2D eigenvalue weighted by Gasteiger charge is 2.13. The Morgan fingerprint density at radius 3 is 2.16 bits per heavy atom. The van der Waals surface area contributed by atoms with Gasteiger partial charge in [-0.1, -0.05) is 85.6 Å². The normalized spacial score (nSPS) is 11.3. The number of unbranched alkanes of at least 4 members (excludes halogenated alkanes) is 1. The van der Waals surface area contributed by atoms with E-state index >= 15 is 0 Å². The third-order valence-electron chi connectivity index (χ3n) is 6.65. The van der Waals surface area contributed by atoms with Gasteiger partial charge in [0, 0.05) is 12.1 Å². The van der Waals surface area contributed by atoms with E-state index in [0.29, 0.717) is 34.3 Å². The van der Waals surface area contributed by atoms with Gasteiger partial charge in [-0.3, -0.25) is 10.9 Å². The summed E-state index contributed by atoms with van der Waals surface area (Å²) in [6.45, 7) is 5.42. The number of pyridine rings is 1. The molecule has 1 unspecified atom stereocenters. The van der Waals surface area contributed by atoms with E-state index in [0.717, 1.165) is 42.6 Å². The van der Waals surface area contributed by atoms with Crippen LogP contribution in [0.15, 0.2) is 72.8 Å². The average molecular weight is 641 g/mol. The van der Waals surface area contributed by atoms with Gasteiger partial charge >= 0.3 is 5.97 Å². The SMILES string of the molecule is CC.Nc1cc(Cl)c(-c2ccc(-c3ccc(CNCCCCC(O)CO)cc3)cc2)nc1NNc1ccc(Cl)c(C(=O)O)c1. The van der Waals surface area contributed by atoms with Crippen molar-refractivity contribution < 1.29 is 20.1 Å². The van der Waals surface area contributed by atoms with Gasteiger partial charge in [-0.15, -0.1) is 0 Å². The van der Waals surface area contributed by atoms with Crippen LogP contribution >= 0.6 is 23.2 Å². The summed E-state index contributed by atoms with van der Waals surface area (Å²) in [5, 5.41) is 31.5. The smallest absolute Gasteiger partial charge is 0.337 e. The molecule has 234 valence electrons. The summed E-state index contributed by atoms with van der Waals surface area (Å²) >= 11 is 12.4. The number of rotatable bonds is 14. The van der Waals surface area contributed by atoms with Gasteiger partial charge in [0.25, 0.3) is 0 Å². The van der Waals surface area contributed by atoms with Gasteiger partial charge in [0.05, 0.1) is 45.4 Å². The molecule has 4 aromatic rings. The highest BCUT2D eigenvalue weighted by atomic mass is 35.5. The number of aliphatic hydroxyl groups excluding tert-OH is 2. The lowest BCUT2D eigenvalue weighted by Gasteiger charge is -2.14. The number of aromatic nitrogens is 1. The van der Waals surface area contributed by atoms with Crippen LogP contribution in [0.5, 0.6) is 0 Å². The lowest BCUT2D eigenvalue weighted by molar-refractivity contribution is 0.0697. The predicted octanol–water partition coefficient (Wildman–Crippen LogP) is 7.08. The number of aromatic carboxylic acids is 1. The Labute approximate surface area is 268 Å². The zero-order valence-electron chi connectivity index (χ0n) is 24.8. The molecular weight excluding hydrogens is 601 g/mol. The summed E-state index contributed by atoms with van der Waals surface area (Å²) in [6.07, 6.45) is 1.80. The van der Waals surface area contributed by atoms with Gasteiger partial charge in [-0.2, -0.15) is 0 Å². The number of benzene rings is 3. The first-order valence-corrected chi connectivity index (χ1v) is 15.2. The molecule has 3 aromatic carbocycles. The van der Waals surface area contributed by atoms with E-state index < -0.39 is 12.1 Å². The summed E-state index contributed by atoms with van der Waals surface area (Å²) < 4.78 is 0. The van der Waals surface area contributed by atoms with Crippen LogP contribution in [0.25, 0.3) is 22.4 Å². The predicted molar refractivity (Wildman–Crippen MR) is 180 cm³/mol. The van der Waals surface area contributed by atoms with E-state index in [-0.39, 0.29) is 17.2 Å². The number of nitrogens with zero attached hydrogens (tertiary/aromatic N) is 1. The monoisotopic (exact) mass is 639 g/mol. The van der Waals surface area contributed by atoms with Crippen molar-refractivity contribution in [3.63, 3.8) is 0 Å². The molecule has 0 aliphatic heterocycles. The molecule has 44 heavy (non-hydrogen) atoms. The molecule has 1 aromatic heterocycles. The lowest BCUT2D eigenvalue weighted by atomic mass is 10.0. The number of hydrazine groups is 1. The molecule has 9 nitrogen and oxygen atoms in total. The molecule has 0 saturated heterocycles. The van der Waals surface area contributed by atoms with Gasteiger partial charge < -0.3 is 26.4 Å². The molecule has 8 N–H and O–H groups in total. The highest BCUT2D eigenvalue weighted by molar-refractivity contribution is 6.34. The number of anilines is 3. The standard InChI is InChI=1S/C31H33Cl2N5O4.C2H6/c32-26-13-12-23(15-25(26)31(41)42)37-38-30-28(34)16-27(33)29(36-30)22-10-8-21(9-11-22)20-6-4-19(5-7-20)17-35-14-2-1-3-24(40)18-39;1-2/h4-13,15-16,24,35,37,39-40H,1-3,14,17-18,34H2,(H,36,38)(H,41,42);1-2H3. The first kappa shape index (κ1) is 34.6. The number of nitrogens with two attached hydrogens (primary N) is 1. The van der Waals surface area contributed by atoms with Gasteiger partial charge in [0.2, 0.25) is 0 Å². The van der Waals surface area contributed by atoms with E-state index in [1.54, 1.807) is 12.1 Å². The summed E-state index contributed by atoms with van der Waals surface area (Å²) in [5.41, 5.74) is 17.3. The van der Waals surface area contributed by atoms with Crippen molar-refractivity contribution >= 4 is 46.4 Å². The summed E-state index contributed by atoms with van der Waals surface area (Å²) in [5.74, 6) is -0.802. The van der Waals surface area contributed by atoms with Gasteiger partial charge in [-0.05, 0) is 66.8 Å². The topological polar surface area (TPSA) is 153 Å². The Balaban J connectivity index is 0.00000259. The van der Waals surface area contributed by atoms with Crippen molar-refractivity contribution in [2.45, 2.75) is 45.8 Å². The Bertz CT molecular complexity index is 1500. The first-order chi connectivity index (χ1) is 21.2. The molecule has 1 atom stereocenters.